The van der Waals surface area contributed by atoms with Crippen molar-refractivity contribution in [1.29, 1.82) is 0 Å². The Hall–Kier alpha value is -1.91. The van der Waals surface area contributed by atoms with E-state index >= 15 is 0 Å². The molecule has 2 aromatic rings. The molecule has 3 rings (SSSR count). The van der Waals surface area contributed by atoms with Crippen LogP contribution in [-0.4, -0.2) is 0 Å². The van der Waals surface area contributed by atoms with Gasteiger partial charge < -0.3 is 0 Å². The van der Waals surface area contributed by atoms with Gasteiger partial charge in [-0.25, -0.2) is 8.78 Å². The Kier molecular flexibility index (Phi) is 6.97. The standard InChI is InChI=1S/C24H27F5/c1-2-3-16-4-8-18(9-5-16)20-12-11-19(22(25)15-20)10-6-17-7-13-21(23(26)14-17)24(27,28)29/h7,11-16,18H,2-6,8-10H2,1H3. The summed E-state index contributed by atoms with van der Waals surface area (Å²) >= 11 is 0. The zero-order valence-electron chi connectivity index (χ0n) is 16.7. The molecule has 0 aromatic heterocycles. The number of halogens is 5. The fourth-order valence-corrected chi connectivity index (χ4v) is 4.44. The van der Waals surface area contributed by atoms with E-state index in [1.807, 2.05) is 6.07 Å². The molecule has 0 amide bonds. The number of hydrogen-bond acceptors (Lipinski definition) is 0. The van der Waals surface area contributed by atoms with E-state index < -0.39 is 17.6 Å². The van der Waals surface area contributed by atoms with Crippen LogP contribution >= 0.6 is 0 Å². The molecule has 29 heavy (non-hydrogen) atoms. The zero-order valence-corrected chi connectivity index (χ0v) is 16.7. The Labute approximate surface area is 169 Å². The summed E-state index contributed by atoms with van der Waals surface area (Å²) < 4.78 is 66.2. The number of aryl methyl sites for hydroxylation is 2. The molecule has 0 atom stereocenters. The van der Waals surface area contributed by atoms with Crippen molar-refractivity contribution < 1.29 is 22.0 Å². The lowest BCUT2D eigenvalue weighted by Crippen LogP contribution is -2.13. The van der Waals surface area contributed by atoms with E-state index in [9.17, 15) is 22.0 Å². The summed E-state index contributed by atoms with van der Waals surface area (Å²) in [4.78, 5) is 0. The van der Waals surface area contributed by atoms with Crippen LogP contribution in [0.1, 0.15) is 73.6 Å². The monoisotopic (exact) mass is 410 g/mol. The van der Waals surface area contributed by atoms with Gasteiger partial charge in [-0.2, -0.15) is 13.2 Å². The first-order valence-corrected chi connectivity index (χ1v) is 10.4. The van der Waals surface area contributed by atoms with E-state index in [1.165, 1.54) is 31.7 Å². The predicted octanol–water partition coefficient (Wildman–Crippen LogP) is 7.84. The van der Waals surface area contributed by atoms with Crippen molar-refractivity contribution in [3.8, 4) is 0 Å². The first-order valence-electron chi connectivity index (χ1n) is 10.4. The topological polar surface area (TPSA) is 0 Å². The van der Waals surface area contributed by atoms with Gasteiger partial charge in [0.05, 0.1) is 5.56 Å². The normalized spacial score (nSPS) is 20.1. The van der Waals surface area contributed by atoms with Crippen LogP contribution in [0.3, 0.4) is 0 Å². The Balaban J connectivity index is 1.61. The lowest BCUT2D eigenvalue weighted by atomic mass is 9.77. The van der Waals surface area contributed by atoms with Crippen LogP contribution in [-0.2, 0) is 19.0 Å². The van der Waals surface area contributed by atoms with Gasteiger partial charge in [-0.1, -0.05) is 38.0 Å². The van der Waals surface area contributed by atoms with Crippen molar-refractivity contribution in [2.75, 3.05) is 0 Å². The molecule has 5 heteroatoms. The van der Waals surface area contributed by atoms with Crippen LogP contribution in [0.5, 0.6) is 0 Å². The molecule has 0 saturated heterocycles. The molecule has 0 unspecified atom stereocenters. The SMILES string of the molecule is CCCC1CCC(c2ccc(CCc3ccc(C(F)(F)F)c(F)c3)c(F)c2)CC1. The molecule has 0 bridgehead atoms. The number of hydrogen-bond donors (Lipinski definition) is 0. The van der Waals surface area contributed by atoms with Crippen molar-refractivity contribution in [2.45, 2.75) is 70.4 Å². The third kappa shape index (κ3) is 5.58. The van der Waals surface area contributed by atoms with E-state index in [4.69, 9.17) is 0 Å². The van der Waals surface area contributed by atoms with Crippen LogP contribution in [0.4, 0.5) is 22.0 Å². The molecule has 1 aliphatic carbocycles. The lowest BCUT2D eigenvalue weighted by molar-refractivity contribution is -0.140. The van der Waals surface area contributed by atoms with Crippen LogP contribution in [0, 0.1) is 17.6 Å². The first kappa shape index (κ1) is 21.8. The first-order chi connectivity index (χ1) is 13.8. The van der Waals surface area contributed by atoms with E-state index in [2.05, 4.69) is 6.92 Å². The molecule has 0 nitrogen and oxygen atoms in total. The second kappa shape index (κ2) is 9.27. The van der Waals surface area contributed by atoms with Crippen LogP contribution in [0.15, 0.2) is 36.4 Å². The van der Waals surface area contributed by atoms with Gasteiger partial charge in [-0.3, -0.25) is 0 Å². The number of alkyl halides is 3. The van der Waals surface area contributed by atoms with Crippen LogP contribution < -0.4 is 0 Å². The Bertz CT molecular complexity index is 817. The minimum atomic E-state index is -4.71. The zero-order chi connectivity index (χ0) is 21.0. The maximum atomic E-state index is 14.6. The van der Waals surface area contributed by atoms with Gasteiger partial charge in [0.15, 0.2) is 0 Å². The second-order valence-electron chi connectivity index (χ2n) is 8.17. The third-order valence-corrected chi connectivity index (χ3v) is 6.11. The van der Waals surface area contributed by atoms with Gasteiger partial charge >= 0.3 is 6.18 Å². The smallest absolute Gasteiger partial charge is 0.207 e. The molecule has 0 radical (unpaired) electrons. The molecule has 0 heterocycles. The Morgan fingerprint density at radius 3 is 2.17 bits per heavy atom. The summed E-state index contributed by atoms with van der Waals surface area (Å²) in [6.45, 7) is 2.21. The van der Waals surface area contributed by atoms with Gasteiger partial charge in [0.1, 0.15) is 11.6 Å². The fraction of sp³-hybridized carbons (Fsp3) is 0.500. The highest BCUT2D eigenvalue weighted by Gasteiger charge is 2.33. The molecule has 0 aliphatic heterocycles. The van der Waals surface area contributed by atoms with Crippen molar-refractivity contribution in [1.82, 2.24) is 0 Å². The quantitative estimate of drug-likeness (QED) is 0.426. The minimum Gasteiger partial charge on any atom is -0.207 e. The third-order valence-electron chi connectivity index (χ3n) is 6.11. The molecule has 158 valence electrons. The number of rotatable bonds is 6. The molecule has 0 spiro atoms. The van der Waals surface area contributed by atoms with E-state index in [1.54, 1.807) is 12.1 Å². The predicted molar refractivity (Wildman–Crippen MR) is 105 cm³/mol. The van der Waals surface area contributed by atoms with Crippen molar-refractivity contribution in [2.24, 2.45) is 5.92 Å². The summed E-state index contributed by atoms with van der Waals surface area (Å²) in [6, 6.07) is 8.24. The molecular formula is C24H27F5. The van der Waals surface area contributed by atoms with Crippen molar-refractivity contribution >= 4 is 0 Å². The molecule has 1 aliphatic rings. The van der Waals surface area contributed by atoms with E-state index in [0.717, 1.165) is 36.5 Å². The summed E-state index contributed by atoms with van der Waals surface area (Å²) in [5, 5.41) is 0. The molecule has 1 saturated carbocycles. The molecule has 2 aromatic carbocycles. The van der Waals surface area contributed by atoms with E-state index in [0.29, 0.717) is 23.5 Å². The van der Waals surface area contributed by atoms with Crippen LogP contribution in [0.25, 0.3) is 0 Å². The molecule has 1 fully saturated rings. The number of benzene rings is 2. The minimum absolute atomic E-state index is 0.285. The van der Waals surface area contributed by atoms with Crippen LogP contribution in [0.2, 0.25) is 0 Å². The van der Waals surface area contributed by atoms with Gasteiger partial charge in [0.2, 0.25) is 0 Å². The Morgan fingerprint density at radius 2 is 1.59 bits per heavy atom. The largest absolute Gasteiger partial charge is 0.419 e. The van der Waals surface area contributed by atoms with Crippen molar-refractivity contribution in [3.63, 3.8) is 0 Å². The van der Waals surface area contributed by atoms with Gasteiger partial charge in [0, 0.05) is 0 Å². The summed E-state index contributed by atoms with van der Waals surface area (Å²) in [5.41, 5.74) is 0.689. The lowest BCUT2D eigenvalue weighted by Gasteiger charge is -2.28. The average Bonchev–Trinajstić information content (AvgIpc) is 2.67. The maximum Gasteiger partial charge on any atom is 0.419 e. The van der Waals surface area contributed by atoms with Gasteiger partial charge in [0.25, 0.3) is 0 Å². The maximum absolute atomic E-state index is 14.6. The Morgan fingerprint density at radius 1 is 0.862 bits per heavy atom. The molecular weight excluding hydrogens is 383 g/mol. The van der Waals surface area contributed by atoms with E-state index in [-0.39, 0.29) is 12.2 Å². The summed E-state index contributed by atoms with van der Waals surface area (Å²) in [5.74, 6) is -0.379. The summed E-state index contributed by atoms with van der Waals surface area (Å²) in [6.07, 6.45) is 2.95. The van der Waals surface area contributed by atoms with Gasteiger partial charge in [-0.05, 0) is 85.3 Å². The molecule has 0 N–H and O–H groups in total. The highest BCUT2D eigenvalue weighted by molar-refractivity contribution is 5.30. The highest BCUT2D eigenvalue weighted by atomic mass is 19.4. The summed E-state index contributed by atoms with van der Waals surface area (Å²) in [7, 11) is 0. The second-order valence-corrected chi connectivity index (χ2v) is 8.17. The average molecular weight is 410 g/mol. The fourth-order valence-electron chi connectivity index (χ4n) is 4.44. The van der Waals surface area contributed by atoms with Gasteiger partial charge in [-0.15, -0.1) is 0 Å². The van der Waals surface area contributed by atoms with Crippen molar-refractivity contribution in [3.05, 3.63) is 70.3 Å². The highest BCUT2D eigenvalue weighted by Crippen LogP contribution is 2.38.